The topological polar surface area (TPSA) is 73.1 Å². The van der Waals surface area contributed by atoms with E-state index in [0.29, 0.717) is 5.69 Å². The Bertz CT molecular complexity index is 953. The van der Waals surface area contributed by atoms with Crippen molar-refractivity contribution in [3.63, 3.8) is 0 Å². The largest absolute Gasteiger partial charge is 0.325 e. The fraction of sp³-hybridized carbons (Fsp3) is 0.476. The zero-order valence-corrected chi connectivity index (χ0v) is 15.4. The predicted molar refractivity (Wildman–Crippen MR) is 104 cm³/mol. The van der Waals surface area contributed by atoms with Gasteiger partial charge in [0.15, 0.2) is 0 Å². The summed E-state index contributed by atoms with van der Waals surface area (Å²) in [6.07, 6.45) is 7.81. The molecule has 1 heterocycles. The maximum Gasteiger partial charge on any atom is 0.317 e. The fourth-order valence-electron chi connectivity index (χ4n) is 4.48. The van der Waals surface area contributed by atoms with Crippen LogP contribution < -0.4 is 16.4 Å². The van der Waals surface area contributed by atoms with Crippen LogP contribution in [0.3, 0.4) is 0 Å². The molecule has 2 aliphatic carbocycles. The second-order valence-electron chi connectivity index (χ2n) is 7.52. The number of nitrogens with zero attached hydrogens (tertiary/aromatic N) is 2. The number of anilines is 1. The molecule has 0 unspecified atom stereocenters. The van der Waals surface area contributed by atoms with E-state index >= 15 is 0 Å². The van der Waals surface area contributed by atoms with Gasteiger partial charge in [0.05, 0.1) is 0 Å². The maximum absolute atomic E-state index is 12.9. The van der Waals surface area contributed by atoms with E-state index in [9.17, 15) is 14.4 Å². The number of benzene rings is 1. The molecule has 1 fully saturated rings. The molecule has 0 spiro atoms. The number of hydrogen-bond acceptors (Lipinski definition) is 3. The monoisotopic (exact) mass is 367 g/mol. The lowest BCUT2D eigenvalue weighted by molar-refractivity contribution is -0.116. The predicted octanol–water partition coefficient (Wildman–Crippen LogP) is 2.64. The van der Waals surface area contributed by atoms with Crippen molar-refractivity contribution in [2.45, 2.75) is 64.0 Å². The van der Waals surface area contributed by atoms with E-state index in [-0.39, 0.29) is 18.5 Å². The van der Waals surface area contributed by atoms with Crippen molar-refractivity contribution < 1.29 is 4.79 Å². The van der Waals surface area contributed by atoms with Crippen LogP contribution in [0.1, 0.15) is 56.0 Å². The van der Waals surface area contributed by atoms with E-state index < -0.39 is 11.1 Å². The third kappa shape index (κ3) is 3.48. The highest BCUT2D eigenvalue weighted by molar-refractivity contribution is 5.90. The highest BCUT2D eigenvalue weighted by Gasteiger charge is 2.28. The second kappa shape index (κ2) is 7.55. The molecule has 2 aliphatic rings. The van der Waals surface area contributed by atoms with E-state index in [0.717, 1.165) is 56.3 Å². The average molecular weight is 367 g/mol. The van der Waals surface area contributed by atoms with E-state index in [1.54, 1.807) is 16.7 Å². The van der Waals surface area contributed by atoms with Gasteiger partial charge in [-0.2, -0.15) is 0 Å². The number of hydrogen-bond donors (Lipinski definition) is 1. The van der Waals surface area contributed by atoms with Crippen LogP contribution in [-0.2, 0) is 24.2 Å². The Labute approximate surface area is 157 Å². The molecule has 1 aromatic carbocycles. The lowest BCUT2D eigenvalue weighted by Gasteiger charge is -2.27. The van der Waals surface area contributed by atoms with Gasteiger partial charge in [-0.25, -0.2) is 0 Å². The Morgan fingerprint density at radius 3 is 2.37 bits per heavy atom. The number of carbonyl (C=O) groups is 1. The zero-order chi connectivity index (χ0) is 18.8. The molecule has 6 nitrogen and oxygen atoms in total. The van der Waals surface area contributed by atoms with Crippen molar-refractivity contribution in [3.05, 3.63) is 62.4 Å². The maximum atomic E-state index is 12.9. The number of nitrogens with one attached hydrogen (secondary N) is 1. The summed E-state index contributed by atoms with van der Waals surface area (Å²) in [5, 5.41) is 2.80. The Hall–Kier alpha value is -2.63. The van der Waals surface area contributed by atoms with Crippen molar-refractivity contribution in [1.29, 1.82) is 0 Å². The molecule has 0 atom stereocenters. The quantitative estimate of drug-likeness (QED) is 0.845. The molecule has 4 rings (SSSR count). The molecular weight excluding hydrogens is 342 g/mol. The van der Waals surface area contributed by atoms with Gasteiger partial charge in [0.2, 0.25) is 5.91 Å². The minimum Gasteiger partial charge on any atom is -0.325 e. The van der Waals surface area contributed by atoms with Gasteiger partial charge in [0, 0.05) is 23.1 Å². The van der Waals surface area contributed by atoms with E-state index in [1.807, 2.05) is 18.2 Å². The summed E-state index contributed by atoms with van der Waals surface area (Å²) in [6.45, 7) is -0.114. The number of fused-ring (bicyclic) bond motifs is 1. The Kier molecular flexibility index (Phi) is 4.97. The third-order valence-electron chi connectivity index (χ3n) is 5.72. The Morgan fingerprint density at radius 1 is 0.926 bits per heavy atom. The Morgan fingerprint density at radius 2 is 1.63 bits per heavy atom. The van der Waals surface area contributed by atoms with Gasteiger partial charge in [0.1, 0.15) is 6.54 Å². The highest BCUT2D eigenvalue weighted by Crippen LogP contribution is 2.30. The fourth-order valence-corrected chi connectivity index (χ4v) is 4.48. The normalized spacial score (nSPS) is 16.9. The first-order valence-corrected chi connectivity index (χ1v) is 9.87. The molecule has 1 aromatic heterocycles. The summed E-state index contributed by atoms with van der Waals surface area (Å²) >= 11 is 0. The molecule has 0 bridgehead atoms. The van der Waals surface area contributed by atoms with Gasteiger partial charge in [-0.3, -0.25) is 19.0 Å². The second-order valence-corrected chi connectivity index (χ2v) is 7.52. The number of rotatable bonds is 4. The van der Waals surface area contributed by atoms with Crippen molar-refractivity contribution >= 4 is 11.6 Å². The van der Waals surface area contributed by atoms with E-state index in [4.69, 9.17) is 0 Å². The molecule has 0 radical (unpaired) electrons. The van der Waals surface area contributed by atoms with Crippen molar-refractivity contribution in [2.24, 2.45) is 0 Å². The lowest BCUT2D eigenvalue weighted by Crippen LogP contribution is -2.46. The number of amides is 1. The van der Waals surface area contributed by atoms with Crippen LogP contribution in [-0.4, -0.2) is 15.0 Å². The van der Waals surface area contributed by atoms with Gasteiger partial charge in [-0.05, 0) is 44.2 Å². The Balaban J connectivity index is 1.67. The molecule has 0 saturated heterocycles. The molecule has 2 aromatic rings. The standard InChI is InChI=1S/C21H25N3O3/c25-19(22-15-8-3-1-4-9-15)14-23-17-12-7-13-18(17)24(21(27)20(23)26)16-10-5-2-6-11-16/h1,3-4,8-9,16H,2,5-7,10-14H2,(H,22,25). The minimum atomic E-state index is -0.565. The summed E-state index contributed by atoms with van der Waals surface area (Å²) in [5.41, 5.74) is 1.50. The average Bonchev–Trinajstić information content (AvgIpc) is 3.16. The first kappa shape index (κ1) is 17.8. The first-order chi connectivity index (χ1) is 13.1. The lowest BCUT2D eigenvalue weighted by atomic mass is 9.95. The summed E-state index contributed by atoms with van der Waals surface area (Å²) in [4.78, 5) is 38.2. The van der Waals surface area contributed by atoms with Crippen LogP contribution in [0, 0.1) is 0 Å². The molecule has 142 valence electrons. The third-order valence-corrected chi connectivity index (χ3v) is 5.72. The van der Waals surface area contributed by atoms with Gasteiger partial charge in [0.25, 0.3) is 0 Å². The van der Waals surface area contributed by atoms with E-state index in [2.05, 4.69) is 5.32 Å². The summed E-state index contributed by atoms with van der Waals surface area (Å²) in [6, 6.07) is 9.28. The zero-order valence-electron chi connectivity index (χ0n) is 15.4. The van der Waals surface area contributed by atoms with Gasteiger partial charge in [-0.1, -0.05) is 37.5 Å². The van der Waals surface area contributed by atoms with E-state index in [1.165, 1.54) is 11.0 Å². The number of carbonyl (C=O) groups excluding carboxylic acids is 1. The van der Waals surface area contributed by atoms with Crippen molar-refractivity contribution in [3.8, 4) is 0 Å². The molecule has 27 heavy (non-hydrogen) atoms. The van der Waals surface area contributed by atoms with Crippen LogP contribution in [0.25, 0.3) is 0 Å². The van der Waals surface area contributed by atoms with Crippen molar-refractivity contribution in [1.82, 2.24) is 9.13 Å². The minimum absolute atomic E-state index is 0.114. The van der Waals surface area contributed by atoms with Crippen LogP contribution in [0.2, 0.25) is 0 Å². The molecule has 1 saturated carbocycles. The summed E-state index contributed by atoms with van der Waals surface area (Å²) in [7, 11) is 0. The number of para-hydroxylation sites is 1. The van der Waals surface area contributed by atoms with Crippen LogP contribution in [0.5, 0.6) is 0 Å². The van der Waals surface area contributed by atoms with Gasteiger partial charge in [-0.15, -0.1) is 0 Å². The number of aromatic nitrogens is 2. The van der Waals surface area contributed by atoms with Crippen LogP contribution in [0.4, 0.5) is 5.69 Å². The first-order valence-electron chi connectivity index (χ1n) is 9.87. The molecule has 1 amide bonds. The SMILES string of the molecule is O=C(Cn1c2c(n(C3CCCCC3)c(=O)c1=O)CCC2)Nc1ccccc1. The smallest absolute Gasteiger partial charge is 0.317 e. The summed E-state index contributed by atoms with van der Waals surface area (Å²) < 4.78 is 3.18. The molecule has 6 heteroatoms. The van der Waals surface area contributed by atoms with Gasteiger partial charge < -0.3 is 9.88 Å². The highest BCUT2D eigenvalue weighted by atomic mass is 16.2. The molecule has 0 aliphatic heterocycles. The van der Waals surface area contributed by atoms with Crippen molar-refractivity contribution in [2.75, 3.05) is 5.32 Å². The molecule has 1 N–H and O–H groups in total. The molecular formula is C21H25N3O3. The van der Waals surface area contributed by atoms with Gasteiger partial charge >= 0.3 is 11.1 Å². The van der Waals surface area contributed by atoms with Crippen LogP contribution in [0.15, 0.2) is 39.9 Å². The summed E-state index contributed by atoms with van der Waals surface area (Å²) in [5.74, 6) is -0.285. The van der Waals surface area contributed by atoms with Crippen LogP contribution >= 0.6 is 0 Å².